The Hall–Kier alpha value is -3.78. The highest BCUT2D eigenvalue weighted by Crippen LogP contribution is 2.15. The molecule has 1 N–H and O–H groups in total. The number of hydrogen-bond acceptors (Lipinski definition) is 4. The van der Waals surface area contributed by atoms with Gasteiger partial charge in [-0.1, -0.05) is 54.6 Å². The average molecular weight is 445 g/mol. The normalized spacial score (nSPS) is 15.5. The summed E-state index contributed by atoms with van der Waals surface area (Å²) in [6.07, 6.45) is 0.967. The van der Waals surface area contributed by atoms with Crippen molar-refractivity contribution in [2.75, 3.05) is 6.54 Å². The van der Waals surface area contributed by atoms with Gasteiger partial charge in [-0.25, -0.2) is 9.78 Å². The number of ketones is 1. The predicted molar refractivity (Wildman–Crippen MR) is 124 cm³/mol. The van der Waals surface area contributed by atoms with Gasteiger partial charge in [0.25, 0.3) is 5.56 Å². The molecule has 2 aromatic carbocycles. The number of Topliss-reactive ketones (excluding diaryl/α,β-unsaturated/α-hetero) is 1. The minimum atomic E-state index is -0.438. The monoisotopic (exact) mass is 444 g/mol. The van der Waals surface area contributed by atoms with E-state index in [1.165, 1.54) is 27.6 Å². The molecule has 1 aliphatic rings. The first-order chi connectivity index (χ1) is 15.9. The number of carbonyl (C=O) groups excluding carboxylic acids is 1. The lowest BCUT2D eigenvalue weighted by Gasteiger charge is -2.25. The second-order valence-electron chi connectivity index (χ2n) is 8.65. The number of nitrogens with one attached hydrogen (secondary N) is 1. The number of rotatable bonds is 5. The molecule has 0 fully saturated rings. The summed E-state index contributed by atoms with van der Waals surface area (Å²) in [4.78, 5) is 44.7. The summed E-state index contributed by atoms with van der Waals surface area (Å²) in [5.74, 6) is 0.535. The summed E-state index contributed by atoms with van der Waals surface area (Å²) in [5, 5.41) is 0. The molecule has 3 heterocycles. The zero-order valence-electron chi connectivity index (χ0n) is 18.7. The first-order valence-electron chi connectivity index (χ1n) is 11.1. The van der Waals surface area contributed by atoms with E-state index < -0.39 is 11.2 Å². The highest BCUT2D eigenvalue weighted by molar-refractivity contribution is 5.96. The van der Waals surface area contributed by atoms with Crippen LogP contribution >= 0.6 is 0 Å². The Balaban J connectivity index is 1.59. The minimum Gasteiger partial charge on any atom is -0.325 e. The third-order valence-electron chi connectivity index (χ3n) is 6.54. The molecule has 2 aromatic heterocycles. The Bertz CT molecular complexity index is 1480. The summed E-state index contributed by atoms with van der Waals surface area (Å²) in [7, 11) is 3.06. The molecular weight excluding hydrogens is 418 g/mol. The lowest BCUT2D eigenvalue weighted by Crippen LogP contribution is -3.10. The van der Waals surface area contributed by atoms with Crippen LogP contribution in [0.4, 0.5) is 0 Å². The highest BCUT2D eigenvalue weighted by atomic mass is 16.2. The number of imidazole rings is 1. The summed E-state index contributed by atoms with van der Waals surface area (Å²) < 4.78 is 4.16. The Morgan fingerprint density at radius 1 is 0.970 bits per heavy atom. The summed E-state index contributed by atoms with van der Waals surface area (Å²) in [6.45, 7) is 2.34. The average Bonchev–Trinajstić information content (AvgIpc) is 3.19. The van der Waals surface area contributed by atoms with Crippen molar-refractivity contribution in [1.29, 1.82) is 0 Å². The minimum absolute atomic E-state index is 0.00679. The second-order valence-corrected chi connectivity index (χ2v) is 8.65. The third kappa shape index (κ3) is 3.72. The van der Waals surface area contributed by atoms with E-state index in [9.17, 15) is 14.4 Å². The van der Waals surface area contributed by atoms with Crippen LogP contribution in [0.15, 0.2) is 64.2 Å². The SMILES string of the molecule is Cn1c(=O)c2c(nc(C[NH+]3CCc4ccccc4C3)n2CC(=O)c2ccccc2)n(C)c1=O. The van der Waals surface area contributed by atoms with Crippen molar-refractivity contribution in [1.82, 2.24) is 18.7 Å². The van der Waals surface area contributed by atoms with Crippen LogP contribution in [0.25, 0.3) is 11.2 Å². The van der Waals surface area contributed by atoms with Crippen LogP contribution in [0.1, 0.15) is 27.3 Å². The number of nitrogens with zero attached hydrogens (tertiary/aromatic N) is 4. The van der Waals surface area contributed by atoms with Gasteiger partial charge in [-0.05, 0) is 5.56 Å². The largest absolute Gasteiger partial charge is 0.332 e. The standard InChI is InChI=1S/C25H25N5O3/c1-27-23-22(24(32)28(2)25(27)33)30(15-20(31)18-9-4-3-5-10-18)21(26-23)16-29-13-12-17-8-6-7-11-19(17)14-29/h3-11H,12-16H2,1-2H3/p+1. The van der Waals surface area contributed by atoms with Crippen molar-refractivity contribution < 1.29 is 9.69 Å². The van der Waals surface area contributed by atoms with E-state index in [0.29, 0.717) is 23.6 Å². The van der Waals surface area contributed by atoms with E-state index in [0.717, 1.165) is 24.1 Å². The number of fused-ring (bicyclic) bond motifs is 2. The highest BCUT2D eigenvalue weighted by Gasteiger charge is 2.26. The summed E-state index contributed by atoms with van der Waals surface area (Å²) in [6, 6.07) is 17.5. The van der Waals surface area contributed by atoms with Gasteiger partial charge in [0.1, 0.15) is 13.1 Å². The quantitative estimate of drug-likeness (QED) is 0.454. The molecule has 8 heteroatoms. The van der Waals surface area contributed by atoms with Crippen LogP contribution in [0.2, 0.25) is 0 Å². The smallest absolute Gasteiger partial charge is 0.325 e. The lowest BCUT2D eigenvalue weighted by molar-refractivity contribution is -0.930. The zero-order chi connectivity index (χ0) is 23.1. The van der Waals surface area contributed by atoms with Crippen LogP contribution < -0.4 is 16.1 Å². The topological polar surface area (TPSA) is 83.3 Å². The molecule has 0 amide bonds. The van der Waals surface area contributed by atoms with E-state index in [1.54, 1.807) is 23.7 Å². The molecule has 8 nitrogen and oxygen atoms in total. The molecular formula is C25H26N5O3+. The number of benzene rings is 2. The predicted octanol–water partition coefficient (Wildman–Crippen LogP) is 0.458. The Morgan fingerprint density at radius 3 is 2.42 bits per heavy atom. The van der Waals surface area contributed by atoms with Gasteiger partial charge in [0.05, 0.1) is 13.1 Å². The maximum absolute atomic E-state index is 13.1. The zero-order valence-corrected chi connectivity index (χ0v) is 18.7. The van der Waals surface area contributed by atoms with Crippen LogP contribution in [0.3, 0.4) is 0 Å². The molecule has 0 bridgehead atoms. The first-order valence-corrected chi connectivity index (χ1v) is 11.1. The van der Waals surface area contributed by atoms with Gasteiger partial charge in [0.15, 0.2) is 22.8 Å². The van der Waals surface area contributed by atoms with Crippen LogP contribution in [0, 0.1) is 0 Å². The number of aryl methyl sites for hydroxylation is 1. The van der Waals surface area contributed by atoms with Gasteiger partial charge >= 0.3 is 5.69 Å². The van der Waals surface area contributed by atoms with Gasteiger partial charge in [0, 0.05) is 31.6 Å². The lowest BCUT2D eigenvalue weighted by atomic mass is 10.00. The van der Waals surface area contributed by atoms with Gasteiger partial charge in [-0.2, -0.15) is 0 Å². The summed E-state index contributed by atoms with van der Waals surface area (Å²) in [5.41, 5.74) is 2.98. The Labute approximate surface area is 190 Å². The fourth-order valence-electron chi connectivity index (χ4n) is 4.67. The van der Waals surface area contributed by atoms with E-state index >= 15 is 0 Å². The van der Waals surface area contributed by atoms with E-state index in [1.807, 2.05) is 18.2 Å². The molecule has 1 atom stereocenters. The van der Waals surface area contributed by atoms with Gasteiger partial charge in [0.2, 0.25) is 0 Å². The van der Waals surface area contributed by atoms with Crippen molar-refractivity contribution in [3.8, 4) is 0 Å². The molecule has 1 unspecified atom stereocenters. The Morgan fingerprint density at radius 2 is 1.67 bits per heavy atom. The molecule has 168 valence electrons. The van der Waals surface area contributed by atoms with Crippen LogP contribution in [0.5, 0.6) is 0 Å². The van der Waals surface area contributed by atoms with Crippen molar-refractivity contribution in [2.45, 2.75) is 26.1 Å². The second kappa shape index (κ2) is 8.29. The molecule has 5 rings (SSSR count). The fourth-order valence-corrected chi connectivity index (χ4v) is 4.67. The van der Waals surface area contributed by atoms with Crippen molar-refractivity contribution in [2.24, 2.45) is 14.1 Å². The van der Waals surface area contributed by atoms with E-state index in [2.05, 4.69) is 24.3 Å². The fraction of sp³-hybridized carbons (Fsp3) is 0.280. The molecule has 0 saturated carbocycles. The molecule has 0 radical (unpaired) electrons. The van der Waals surface area contributed by atoms with Crippen molar-refractivity contribution in [3.63, 3.8) is 0 Å². The first kappa shape index (κ1) is 21.1. The van der Waals surface area contributed by atoms with Gasteiger partial charge < -0.3 is 9.47 Å². The molecule has 33 heavy (non-hydrogen) atoms. The maximum Gasteiger partial charge on any atom is 0.332 e. The summed E-state index contributed by atoms with van der Waals surface area (Å²) >= 11 is 0. The van der Waals surface area contributed by atoms with Gasteiger partial charge in [-0.3, -0.25) is 18.7 Å². The molecule has 0 spiro atoms. The van der Waals surface area contributed by atoms with Crippen LogP contribution in [-0.4, -0.2) is 31.0 Å². The van der Waals surface area contributed by atoms with Crippen LogP contribution in [-0.2, 0) is 40.2 Å². The number of aromatic nitrogens is 4. The van der Waals surface area contributed by atoms with Crippen molar-refractivity contribution in [3.05, 3.63) is 98.0 Å². The number of carbonyl (C=O) groups is 1. The van der Waals surface area contributed by atoms with Crippen molar-refractivity contribution >= 4 is 16.9 Å². The number of quaternary nitrogens is 1. The maximum atomic E-state index is 13.1. The van der Waals surface area contributed by atoms with Gasteiger partial charge in [-0.15, -0.1) is 0 Å². The Kier molecular flexibility index (Phi) is 5.30. The molecule has 0 saturated heterocycles. The van der Waals surface area contributed by atoms with E-state index in [-0.39, 0.29) is 17.8 Å². The molecule has 1 aliphatic heterocycles. The molecule has 0 aliphatic carbocycles. The number of hydrogen-bond donors (Lipinski definition) is 1. The third-order valence-corrected chi connectivity index (χ3v) is 6.54. The van der Waals surface area contributed by atoms with E-state index in [4.69, 9.17) is 4.98 Å². The molecule has 4 aromatic rings.